The normalized spacial score (nSPS) is 12.7. The number of anilines is 1. The van der Waals surface area contributed by atoms with Crippen molar-refractivity contribution in [1.82, 2.24) is 4.90 Å². The van der Waals surface area contributed by atoms with Gasteiger partial charge in [-0.25, -0.2) is 4.79 Å². The van der Waals surface area contributed by atoms with Crippen LogP contribution in [0, 0.1) is 0 Å². The quantitative estimate of drug-likeness (QED) is 0.548. The van der Waals surface area contributed by atoms with Gasteiger partial charge in [0.25, 0.3) is 11.8 Å². The molecule has 0 atom stereocenters. The summed E-state index contributed by atoms with van der Waals surface area (Å²) in [4.78, 5) is 49.7. The maximum atomic E-state index is 12.3. The van der Waals surface area contributed by atoms with Gasteiger partial charge in [-0.05, 0) is 49.2 Å². The van der Waals surface area contributed by atoms with E-state index in [-0.39, 0.29) is 30.7 Å². The largest absolute Gasteiger partial charge is 0.462 e. The molecular weight excluding hydrogens is 372 g/mol. The third kappa shape index (κ3) is 4.68. The monoisotopic (exact) mass is 394 g/mol. The SMILES string of the molecule is CCCOC(=O)c1ccc(NC(=O)CCCN2C(=O)c3ccccc3C2=O)cc1. The Labute approximate surface area is 168 Å². The molecule has 0 unspecified atom stereocenters. The smallest absolute Gasteiger partial charge is 0.338 e. The zero-order chi connectivity index (χ0) is 20.8. The minimum atomic E-state index is -0.398. The van der Waals surface area contributed by atoms with Gasteiger partial charge in [0, 0.05) is 18.7 Å². The molecule has 0 radical (unpaired) electrons. The van der Waals surface area contributed by atoms with Crippen molar-refractivity contribution in [2.75, 3.05) is 18.5 Å². The number of carbonyl (C=O) groups excluding carboxylic acids is 4. The molecule has 150 valence electrons. The van der Waals surface area contributed by atoms with Crippen LogP contribution in [-0.2, 0) is 9.53 Å². The van der Waals surface area contributed by atoms with Crippen LogP contribution in [0.2, 0.25) is 0 Å². The average molecular weight is 394 g/mol. The van der Waals surface area contributed by atoms with Gasteiger partial charge in [-0.15, -0.1) is 0 Å². The first kappa shape index (κ1) is 20.3. The second-order valence-electron chi connectivity index (χ2n) is 6.67. The van der Waals surface area contributed by atoms with Crippen molar-refractivity contribution >= 4 is 29.4 Å². The van der Waals surface area contributed by atoms with E-state index in [1.807, 2.05) is 6.92 Å². The van der Waals surface area contributed by atoms with Crippen LogP contribution in [0.1, 0.15) is 57.3 Å². The molecule has 2 aromatic carbocycles. The minimum Gasteiger partial charge on any atom is -0.462 e. The topological polar surface area (TPSA) is 92.8 Å². The van der Waals surface area contributed by atoms with E-state index in [4.69, 9.17) is 4.74 Å². The van der Waals surface area contributed by atoms with Gasteiger partial charge in [0.1, 0.15) is 0 Å². The molecular formula is C22H22N2O5. The fraction of sp³-hybridized carbons (Fsp3) is 0.273. The van der Waals surface area contributed by atoms with Crippen molar-refractivity contribution in [3.05, 3.63) is 65.2 Å². The number of carbonyl (C=O) groups is 4. The molecule has 3 amide bonds. The molecule has 3 rings (SSSR count). The lowest BCUT2D eigenvalue weighted by molar-refractivity contribution is -0.116. The molecule has 0 aliphatic carbocycles. The Bertz CT molecular complexity index is 901. The van der Waals surface area contributed by atoms with Gasteiger partial charge in [0.2, 0.25) is 5.91 Å². The van der Waals surface area contributed by atoms with E-state index in [0.717, 1.165) is 6.42 Å². The Morgan fingerprint density at radius 2 is 1.59 bits per heavy atom. The number of rotatable bonds is 8. The van der Waals surface area contributed by atoms with Crippen molar-refractivity contribution in [3.63, 3.8) is 0 Å². The molecule has 0 spiro atoms. The molecule has 7 heteroatoms. The highest BCUT2D eigenvalue weighted by molar-refractivity contribution is 6.21. The molecule has 0 saturated carbocycles. The number of nitrogens with one attached hydrogen (secondary N) is 1. The summed E-state index contributed by atoms with van der Waals surface area (Å²) >= 11 is 0. The van der Waals surface area contributed by atoms with Crippen molar-refractivity contribution < 1.29 is 23.9 Å². The number of imide groups is 1. The molecule has 0 fully saturated rings. The maximum absolute atomic E-state index is 12.3. The second-order valence-corrected chi connectivity index (χ2v) is 6.67. The van der Waals surface area contributed by atoms with E-state index >= 15 is 0 Å². The molecule has 29 heavy (non-hydrogen) atoms. The number of amides is 3. The second kappa shape index (κ2) is 9.14. The van der Waals surface area contributed by atoms with Crippen LogP contribution in [0.25, 0.3) is 0 Å². The van der Waals surface area contributed by atoms with Crippen molar-refractivity contribution in [2.24, 2.45) is 0 Å². The molecule has 7 nitrogen and oxygen atoms in total. The molecule has 2 aromatic rings. The minimum absolute atomic E-state index is 0.160. The van der Waals surface area contributed by atoms with E-state index in [9.17, 15) is 19.2 Å². The molecule has 0 bridgehead atoms. The van der Waals surface area contributed by atoms with E-state index in [2.05, 4.69) is 5.32 Å². The highest BCUT2D eigenvalue weighted by Crippen LogP contribution is 2.22. The number of nitrogens with zero attached hydrogens (tertiary/aromatic N) is 1. The van der Waals surface area contributed by atoms with Crippen LogP contribution in [-0.4, -0.2) is 41.7 Å². The predicted molar refractivity (Wildman–Crippen MR) is 107 cm³/mol. The van der Waals surface area contributed by atoms with Crippen LogP contribution in [0.3, 0.4) is 0 Å². The number of esters is 1. The lowest BCUT2D eigenvalue weighted by atomic mass is 10.1. The Morgan fingerprint density at radius 3 is 2.17 bits per heavy atom. The van der Waals surface area contributed by atoms with Crippen molar-refractivity contribution in [1.29, 1.82) is 0 Å². The highest BCUT2D eigenvalue weighted by atomic mass is 16.5. The third-order valence-electron chi connectivity index (χ3n) is 4.51. The lowest BCUT2D eigenvalue weighted by Crippen LogP contribution is -2.31. The highest BCUT2D eigenvalue weighted by Gasteiger charge is 2.34. The predicted octanol–water partition coefficient (Wildman–Crippen LogP) is 3.27. The summed E-state index contributed by atoms with van der Waals surface area (Å²) in [5.74, 6) is -1.28. The first-order valence-electron chi connectivity index (χ1n) is 9.53. The van der Waals surface area contributed by atoms with Crippen molar-refractivity contribution in [2.45, 2.75) is 26.2 Å². The molecule has 0 aromatic heterocycles. The Kier molecular flexibility index (Phi) is 6.39. The van der Waals surface area contributed by atoms with Gasteiger partial charge < -0.3 is 10.1 Å². The summed E-state index contributed by atoms with van der Waals surface area (Å²) in [6, 6.07) is 13.1. The number of ether oxygens (including phenoxy) is 1. The van der Waals surface area contributed by atoms with Crippen LogP contribution in [0.5, 0.6) is 0 Å². The fourth-order valence-electron chi connectivity index (χ4n) is 3.03. The van der Waals surface area contributed by atoms with Crippen molar-refractivity contribution in [3.8, 4) is 0 Å². The summed E-state index contributed by atoms with van der Waals surface area (Å²) in [6.45, 7) is 2.46. The number of hydrogen-bond donors (Lipinski definition) is 1. The first-order valence-corrected chi connectivity index (χ1v) is 9.53. The molecule has 1 N–H and O–H groups in total. The Hall–Kier alpha value is -3.48. The van der Waals surface area contributed by atoms with E-state index in [1.165, 1.54) is 4.90 Å². The zero-order valence-corrected chi connectivity index (χ0v) is 16.1. The van der Waals surface area contributed by atoms with Crippen LogP contribution in [0.15, 0.2) is 48.5 Å². The molecule has 1 aliphatic heterocycles. The van der Waals surface area contributed by atoms with Gasteiger partial charge in [-0.1, -0.05) is 19.1 Å². The average Bonchev–Trinajstić information content (AvgIpc) is 2.97. The van der Waals surface area contributed by atoms with E-state index < -0.39 is 5.97 Å². The number of fused-ring (bicyclic) bond motifs is 1. The molecule has 1 aliphatic rings. The summed E-state index contributed by atoms with van der Waals surface area (Å²) in [5, 5.41) is 2.74. The van der Waals surface area contributed by atoms with Gasteiger partial charge in [-0.3, -0.25) is 19.3 Å². The van der Waals surface area contributed by atoms with E-state index in [0.29, 0.717) is 35.4 Å². The van der Waals surface area contributed by atoms with Gasteiger partial charge in [0.15, 0.2) is 0 Å². The van der Waals surface area contributed by atoms with Crippen LogP contribution < -0.4 is 5.32 Å². The van der Waals surface area contributed by atoms with Gasteiger partial charge >= 0.3 is 5.97 Å². The zero-order valence-electron chi connectivity index (χ0n) is 16.1. The summed E-state index contributed by atoms with van der Waals surface area (Å²) in [7, 11) is 0. The Balaban J connectivity index is 1.47. The lowest BCUT2D eigenvalue weighted by Gasteiger charge is -2.13. The number of benzene rings is 2. The first-order chi connectivity index (χ1) is 14.0. The summed E-state index contributed by atoms with van der Waals surface area (Å²) in [6.07, 6.45) is 1.27. The van der Waals surface area contributed by atoms with Crippen LogP contribution in [0.4, 0.5) is 5.69 Å². The maximum Gasteiger partial charge on any atom is 0.338 e. The molecule has 0 saturated heterocycles. The van der Waals surface area contributed by atoms with Gasteiger partial charge in [-0.2, -0.15) is 0 Å². The number of hydrogen-bond acceptors (Lipinski definition) is 5. The summed E-state index contributed by atoms with van der Waals surface area (Å²) < 4.78 is 5.05. The third-order valence-corrected chi connectivity index (χ3v) is 4.51. The Morgan fingerprint density at radius 1 is 0.966 bits per heavy atom. The standard InChI is InChI=1S/C22H22N2O5/c1-2-14-29-22(28)15-9-11-16(12-10-15)23-19(25)8-5-13-24-20(26)17-6-3-4-7-18(17)21(24)27/h3-4,6-7,9-12H,2,5,8,13-14H2,1H3,(H,23,25). The summed E-state index contributed by atoms with van der Waals surface area (Å²) in [5.41, 5.74) is 1.78. The van der Waals surface area contributed by atoms with Crippen LogP contribution >= 0.6 is 0 Å². The van der Waals surface area contributed by atoms with Gasteiger partial charge in [0.05, 0.1) is 23.3 Å². The molecule has 1 heterocycles. The van der Waals surface area contributed by atoms with E-state index in [1.54, 1.807) is 48.5 Å². The fourth-order valence-corrected chi connectivity index (χ4v) is 3.03.